The molecule has 0 aliphatic rings. The summed E-state index contributed by atoms with van der Waals surface area (Å²) in [7, 11) is 4.44. The first kappa shape index (κ1) is 14.9. The maximum Gasteiger partial charge on any atom is 0.00355 e. The Balaban J connectivity index is 3.42. The molecule has 0 aliphatic heterocycles. The fourth-order valence-electron chi connectivity index (χ4n) is 1.44. The molecule has 0 spiro atoms. The van der Waals surface area contributed by atoms with Crippen LogP contribution in [0.5, 0.6) is 0 Å². The normalized spacial score (nSPS) is 12.4. The van der Waals surface area contributed by atoms with E-state index in [0.29, 0.717) is 6.04 Å². The van der Waals surface area contributed by atoms with Gasteiger partial charge in [0.2, 0.25) is 0 Å². The molecule has 0 aromatic carbocycles. The predicted molar refractivity (Wildman–Crippen MR) is 69.3 cm³/mol. The van der Waals surface area contributed by atoms with Crippen molar-refractivity contribution in [2.45, 2.75) is 46.6 Å². The molecule has 0 radical (unpaired) electrons. The number of rotatable bonds is 8. The van der Waals surface area contributed by atoms with Crippen LogP contribution in [-0.2, 0) is 0 Å². The van der Waals surface area contributed by atoms with Gasteiger partial charge in [-0.2, -0.15) is 0 Å². The van der Waals surface area contributed by atoms with Crippen LogP contribution in [0.4, 0.5) is 0 Å². The summed E-state index contributed by atoms with van der Waals surface area (Å²) in [6.45, 7) is 12.8. The van der Waals surface area contributed by atoms with Gasteiger partial charge in [0.15, 0.2) is 0 Å². The lowest BCUT2D eigenvalue weighted by Gasteiger charge is -2.23. The highest BCUT2D eigenvalue weighted by atomic mass is 15.1. The summed E-state index contributed by atoms with van der Waals surface area (Å²) in [6, 6.07) is 0.672. The van der Waals surface area contributed by atoms with E-state index in [1.54, 1.807) is 0 Å². The highest BCUT2D eigenvalue weighted by Gasteiger charge is 2.04. The summed E-state index contributed by atoms with van der Waals surface area (Å²) in [5.41, 5.74) is 0. The first-order chi connectivity index (χ1) is 6.93. The van der Waals surface area contributed by atoms with Crippen molar-refractivity contribution in [3.63, 3.8) is 0 Å². The van der Waals surface area contributed by atoms with Crippen molar-refractivity contribution < 1.29 is 0 Å². The molecule has 92 valence electrons. The Morgan fingerprint density at radius 1 is 0.867 bits per heavy atom. The zero-order chi connectivity index (χ0) is 11.8. The average Bonchev–Trinajstić information content (AvgIpc) is 2.14. The summed E-state index contributed by atoms with van der Waals surface area (Å²) < 4.78 is 0. The minimum absolute atomic E-state index is 0.672. The highest BCUT2D eigenvalue weighted by Crippen LogP contribution is 2.02. The first-order valence-electron chi connectivity index (χ1n) is 6.32. The van der Waals surface area contributed by atoms with E-state index in [-0.39, 0.29) is 0 Å². The standard InChI is InChI=1S/C13H30N2/c1-12(2)8-11-14(5)9-7-10-15(6)13(3)4/h12-13H,7-11H2,1-6H3. The van der Waals surface area contributed by atoms with Crippen LogP contribution in [0.25, 0.3) is 0 Å². The molecular formula is C13H30N2. The number of nitrogens with zero attached hydrogens (tertiary/aromatic N) is 2. The molecule has 0 N–H and O–H groups in total. The lowest BCUT2D eigenvalue weighted by Crippen LogP contribution is -2.30. The zero-order valence-electron chi connectivity index (χ0n) is 11.6. The van der Waals surface area contributed by atoms with Gasteiger partial charge in [-0.15, -0.1) is 0 Å². The molecule has 2 heteroatoms. The van der Waals surface area contributed by atoms with Crippen molar-refractivity contribution in [3.05, 3.63) is 0 Å². The molecular weight excluding hydrogens is 184 g/mol. The molecule has 0 saturated carbocycles. The predicted octanol–water partition coefficient (Wildman–Crippen LogP) is 2.69. The Kier molecular flexibility index (Phi) is 8.07. The molecule has 0 atom stereocenters. The van der Waals surface area contributed by atoms with Crippen LogP contribution in [0.15, 0.2) is 0 Å². The smallest absolute Gasteiger partial charge is 0.00355 e. The molecule has 0 aliphatic carbocycles. The monoisotopic (exact) mass is 214 g/mol. The van der Waals surface area contributed by atoms with Crippen LogP contribution in [-0.4, -0.2) is 49.6 Å². The van der Waals surface area contributed by atoms with Gasteiger partial charge >= 0.3 is 0 Å². The Morgan fingerprint density at radius 2 is 1.47 bits per heavy atom. The van der Waals surface area contributed by atoms with E-state index in [9.17, 15) is 0 Å². The van der Waals surface area contributed by atoms with Crippen LogP contribution in [0.3, 0.4) is 0 Å². The molecule has 2 nitrogen and oxygen atoms in total. The Hall–Kier alpha value is -0.0800. The molecule has 0 fully saturated rings. The topological polar surface area (TPSA) is 6.48 Å². The molecule has 0 saturated heterocycles. The van der Waals surface area contributed by atoms with Crippen LogP contribution < -0.4 is 0 Å². The SMILES string of the molecule is CC(C)CCN(C)CCCN(C)C(C)C. The van der Waals surface area contributed by atoms with E-state index >= 15 is 0 Å². The van der Waals surface area contributed by atoms with Gasteiger partial charge in [0.1, 0.15) is 0 Å². The highest BCUT2D eigenvalue weighted by molar-refractivity contribution is 4.60. The summed E-state index contributed by atoms with van der Waals surface area (Å²) >= 11 is 0. The van der Waals surface area contributed by atoms with Gasteiger partial charge in [0.25, 0.3) is 0 Å². The van der Waals surface area contributed by atoms with E-state index < -0.39 is 0 Å². The summed E-state index contributed by atoms with van der Waals surface area (Å²) in [6.07, 6.45) is 2.60. The van der Waals surface area contributed by atoms with E-state index in [2.05, 4.69) is 51.6 Å². The Labute approximate surface area is 96.6 Å². The summed E-state index contributed by atoms with van der Waals surface area (Å²) in [5, 5.41) is 0. The van der Waals surface area contributed by atoms with E-state index in [1.165, 1.54) is 32.5 Å². The molecule has 0 heterocycles. The maximum absolute atomic E-state index is 2.45. The molecule has 0 aromatic rings. The van der Waals surface area contributed by atoms with Crippen molar-refractivity contribution in [2.24, 2.45) is 5.92 Å². The lowest BCUT2D eigenvalue weighted by molar-refractivity contribution is 0.240. The van der Waals surface area contributed by atoms with Gasteiger partial charge in [-0.05, 0) is 66.3 Å². The molecule has 0 bridgehead atoms. The minimum Gasteiger partial charge on any atom is -0.306 e. The second-order valence-corrected chi connectivity index (χ2v) is 5.41. The van der Waals surface area contributed by atoms with Gasteiger partial charge in [0.05, 0.1) is 0 Å². The van der Waals surface area contributed by atoms with Crippen molar-refractivity contribution in [1.82, 2.24) is 9.80 Å². The molecule has 0 aromatic heterocycles. The summed E-state index contributed by atoms with van der Waals surface area (Å²) in [4.78, 5) is 4.87. The van der Waals surface area contributed by atoms with Gasteiger partial charge in [-0.3, -0.25) is 0 Å². The molecule has 0 rings (SSSR count). The fraction of sp³-hybridized carbons (Fsp3) is 1.00. The van der Waals surface area contributed by atoms with Crippen molar-refractivity contribution >= 4 is 0 Å². The minimum atomic E-state index is 0.672. The van der Waals surface area contributed by atoms with Crippen LogP contribution >= 0.6 is 0 Å². The third-order valence-corrected chi connectivity index (χ3v) is 3.02. The maximum atomic E-state index is 2.45. The van der Waals surface area contributed by atoms with E-state index in [0.717, 1.165) is 5.92 Å². The lowest BCUT2D eigenvalue weighted by atomic mass is 10.1. The third kappa shape index (κ3) is 8.88. The first-order valence-corrected chi connectivity index (χ1v) is 6.32. The van der Waals surface area contributed by atoms with E-state index in [1.807, 2.05) is 0 Å². The van der Waals surface area contributed by atoms with Crippen molar-refractivity contribution in [2.75, 3.05) is 33.7 Å². The summed E-state index contributed by atoms with van der Waals surface area (Å²) in [5.74, 6) is 0.825. The van der Waals surface area contributed by atoms with Crippen LogP contribution in [0.2, 0.25) is 0 Å². The number of hydrogen-bond donors (Lipinski definition) is 0. The van der Waals surface area contributed by atoms with E-state index in [4.69, 9.17) is 0 Å². The molecule has 0 unspecified atom stereocenters. The molecule has 0 amide bonds. The van der Waals surface area contributed by atoms with Gasteiger partial charge in [-0.25, -0.2) is 0 Å². The molecule has 15 heavy (non-hydrogen) atoms. The van der Waals surface area contributed by atoms with Crippen molar-refractivity contribution in [1.29, 1.82) is 0 Å². The van der Waals surface area contributed by atoms with Gasteiger partial charge < -0.3 is 9.80 Å². The number of hydrogen-bond acceptors (Lipinski definition) is 2. The zero-order valence-corrected chi connectivity index (χ0v) is 11.6. The van der Waals surface area contributed by atoms with Crippen LogP contribution in [0, 0.1) is 5.92 Å². The quantitative estimate of drug-likeness (QED) is 0.613. The van der Waals surface area contributed by atoms with Crippen molar-refractivity contribution in [3.8, 4) is 0 Å². The third-order valence-electron chi connectivity index (χ3n) is 3.02. The van der Waals surface area contributed by atoms with Gasteiger partial charge in [-0.1, -0.05) is 13.8 Å². The average molecular weight is 214 g/mol. The van der Waals surface area contributed by atoms with Crippen LogP contribution in [0.1, 0.15) is 40.5 Å². The largest absolute Gasteiger partial charge is 0.306 e. The Morgan fingerprint density at radius 3 is 1.93 bits per heavy atom. The second-order valence-electron chi connectivity index (χ2n) is 5.41. The second kappa shape index (κ2) is 8.12. The Bertz CT molecular complexity index is 143. The fourth-order valence-corrected chi connectivity index (χ4v) is 1.44. The van der Waals surface area contributed by atoms with Gasteiger partial charge in [0, 0.05) is 6.04 Å².